The molecular weight excluding hydrogens is 150 g/mol. The highest BCUT2D eigenvalue weighted by molar-refractivity contribution is 4.91. The molecule has 2 atom stereocenters. The Balaban J connectivity index is 2.61. The molecule has 12 heavy (non-hydrogen) atoms. The molecular formula is C10H21NO. The average molecular weight is 171 g/mol. The fraction of sp³-hybridized carbons (Fsp3) is 1.00. The summed E-state index contributed by atoms with van der Waals surface area (Å²) in [6.07, 6.45) is 1.61. The van der Waals surface area contributed by atoms with Crippen LogP contribution in [-0.2, 0) is 4.74 Å². The van der Waals surface area contributed by atoms with E-state index in [9.17, 15) is 0 Å². The van der Waals surface area contributed by atoms with Gasteiger partial charge in [0.05, 0.1) is 6.10 Å². The van der Waals surface area contributed by atoms with Gasteiger partial charge < -0.3 is 4.74 Å². The molecule has 0 amide bonds. The highest BCUT2D eigenvalue weighted by Gasteiger charge is 2.36. The van der Waals surface area contributed by atoms with E-state index < -0.39 is 0 Å². The van der Waals surface area contributed by atoms with Crippen LogP contribution in [0.3, 0.4) is 0 Å². The molecule has 0 aromatic heterocycles. The van der Waals surface area contributed by atoms with Gasteiger partial charge in [-0.1, -0.05) is 0 Å². The van der Waals surface area contributed by atoms with Gasteiger partial charge in [-0.2, -0.15) is 0 Å². The minimum absolute atomic E-state index is 0.284. The number of hydrogen-bond acceptors (Lipinski definition) is 2. The molecule has 1 aliphatic rings. The first-order chi connectivity index (χ1) is 5.46. The minimum Gasteiger partial charge on any atom is -0.380 e. The molecule has 1 heterocycles. The van der Waals surface area contributed by atoms with Gasteiger partial charge in [0.25, 0.3) is 0 Å². The first kappa shape index (κ1) is 10.0. The molecule has 72 valence electrons. The lowest BCUT2D eigenvalue weighted by Gasteiger charge is -2.36. The Bertz CT molecular complexity index is 150. The molecule has 0 radical (unpaired) electrons. The molecule has 0 aromatic carbocycles. The lowest BCUT2D eigenvalue weighted by atomic mass is 10.0. The van der Waals surface area contributed by atoms with Gasteiger partial charge >= 0.3 is 0 Å². The first-order valence-electron chi connectivity index (χ1n) is 4.76. The zero-order valence-corrected chi connectivity index (χ0v) is 8.92. The van der Waals surface area contributed by atoms with Crippen molar-refractivity contribution in [1.29, 1.82) is 0 Å². The van der Waals surface area contributed by atoms with Crippen LogP contribution >= 0.6 is 0 Å². The van der Waals surface area contributed by atoms with Crippen molar-refractivity contribution in [2.45, 2.75) is 51.8 Å². The maximum Gasteiger partial charge on any atom is 0.0736 e. The molecule has 2 nitrogen and oxygen atoms in total. The van der Waals surface area contributed by atoms with Gasteiger partial charge in [0.2, 0.25) is 0 Å². The number of likely N-dealkylation sites (tertiary alicyclic amines) is 1. The maximum absolute atomic E-state index is 5.41. The number of ether oxygens (including phenoxy) is 1. The zero-order valence-electron chi connectivity index (χ0n) is 8.92. The topological polar surface area (TPSA) is 12.5 Å². The summed E-state index contributed by atoms with van der Waals surface area (Å²) in [5, 5.41) is 0. The molecule has 1 fully saturated rings. The first-order valence-corrected chi connectivity index (χ1v) is 4.76. The van der Waals surface area contributed by atoms with Gasteiger partial charge in [-0.05, 0) is 34.1 Å². The van der Waals surface area contributed by atoms with Gasteiger partial charge in [-0.3, -0.25) is 4.90 Å². The molecule has 0 bridgehead atoms. The smallest absolute Gasteiger partial charge is 0.0736 e. The van der Waals surface area contributed by atoms with Crippen LogP contribution < -0.4 is 0 Å². The Kier molecular flexibility index (Phi) is 2.79. The Morgan fingerprint density at radius 3 is 2.17 bits per heavy atom. The van der Waals surface area contributed by atoms with E-state index in [4.69, 9.17) is 4.74 Å². The van der Waals surface area contributed by atoms with Crippen LogP contribution in [0, 0.1) is 0 Å². The van der Waals surface area contributed by atoms with E-state index >= 15 is 0 Å². The van der Waals surface area contributed by atoms with Crippen LogP contribution in [0.1, 0.15) is 34.1 Å². The normalized spacial score (nSPS) is 32.8. The van der Waals surface area contributed by atoms with Crippen LogP contribution in [0.4, 0.5) is 0 Å². The number of rotatable bonds is 1. The maximum atomic E-state index is 5.41. The van der Waals surface area contributed by atoms with Crippen LogP contribution in [0.5, 0.6) is 0 Å². The van der Waals surface area contributed by atoms with E-state index in [-0.39, 0.29) is 5.54 Å². The summed E-state index contributed by atoms with van der Waals surface area (Å²) in [5.74, 6) is 0. The molecule has 0 aliphatic carbocycles. The summed E-state index contributed by atoms with van der Waals surface area (Å²) >= 11 is 0. The average Bonchev–Trinajstić information content (AvgIpc) is 2.29. The summed E-state index contributed by atoms with van der Waals surface area (Å²) in [6.45, 7) is 10.2. The predicted octanol–water partition coefficient (Wildman–Crippen LogP) is 1.89. The molecule has 0 aromatic rings. The third-order valence-corrected chi connectivity index (χ3v) is 2.85. The Hall–Kier alpha value is -0.0800. The van der Waals surface area contributed by atoms with Gasteiger partial charge in [0.1, 0.15) is 0 Å². The summed E-state index contributed by atoms with van der Waals surface area (Å²) < 4.78 is 5.41. The molecule has 0 spiro atoms. The van der Waals surface area contributed by atoms with Crippen molar-refractivity contribution in [2.75, 3.05) is 13.7 Å². The fourth-order valence-corrected chi connectivity index (χ4v) is 2.17. The van der Waals surface area contributed by atoms with Crippen LogP contribution in [0.15, 0.2) is 0 Å². The van der Waals surface area contributed by atoms with E-state index in [1.807, 2.05) is 7.11 Å². The van der Waals surface area contributed by atoms with E-state index in [0.717, 1.165) is 0 Å². The van der Waals surface area contributed by atoms with E-state index in [1.54, 1.807) is 0 Å². The van der Waals surface area contributed by atoms with Gasteiger partial charge in [-0.15, -0.1) is 0 Å². The third kappa shape index (κ3) is 1.80. The van der Waals surface area contributed by atoms with Crippen molar-refractivity contribution in [3.05, 3.63) is 0 Å². The van der Waals surface area contributed by atoms with E-state index in [0.29, 0.717) is 12.1 Å². The molecule has 1 rings (SSSR count). The molecule has 0 N–H and O–H groups in total. The van der Waals surface area contributed by atoms with Gasteiger partial charge in [0, 0.05) is 25.2 Å². The molecule has 0 saturated carbocycles. The largest absolute Gasteiger partial charge is 0.380 e. The summed E-state index contributed by atoms with van der Waals surface area (Å²) in [4.78, 5) is 2.52. The lowest BCUT2D eigenvalue weighted by Crippen LogP contribution is -2.45. The van der Waals surface area contributed by atoms with Crippen LogP contribution in [0.25, 0.3) is 0 Å². The van der Waals surface area contributed by atoms with Crippen molar-refractivity contribution in [3.8, 4) is 0 Å². The Morgan fingerprint density at radius 1 is 1.33 bits per heavy atom. The highest BCUT2D eigenvalue weighted by Crippen LogP contribution is 2.27. The van der Waals surface area contributed by atoms with Gasteiger partial charge in [0.15, 0.2) is 0 Å². The minimum atomic E-state index is 0.284. The Labute approximate surface area is 75.9 Å². The number of hydrogen-bond donors (Lipinski definition) is 0. The fourth-order valence-electron chi connectivity index (χ4n) is 2.17. The lowest BCUT2D eigenvalue weighted by molar-refractivity contribution is 0.0444. The third-order valence-electron chi connectivity index (χ3n) is 2.85. The van der Waals surface area contributed by atoms with Crippen LogP contribution in [0.2, 0.25) is 0 Å². The molecule has 0 unspecified atom stereocenters. The second-order valence-electron chi connectivity index (χ2n) is 4.67. The van der Waals surface area contributed by atoms with Crippen molar-refractivity contribution in [3.63, 3.8) is 0 Å². The summed E-state index contributed by atoms with van der Waals surface area (Å²) in [5.41, 5.74) is 0.284. The predicted molar refractivity (Wildman–Crippen MR) is 51.3 cm³/mol. The number of methoxy groups -OCH3 is 1. The Morgan fingerprint density at radius 2 is 1.92 bits per heavy atom. The monoisotopic (exact) mass is 171 g/mol. The molecule has 1 saturated heterocycles. The molecule has 2 heteroatoms. The standard InChI is InChI=1S/C10H21NO/c1-8-9(12-5)6-7-11(8)10(2,3)4/h8-9H,6-7H2,1-5H3/t8-,9-/m0/s1. The van der Waals surface area contributed by atoms with Crippen LogP contribution in [-0.4, -0.2) is 36.2 Å². The zero-order chi connectivity index (χ0) is 9.35. The van der Waals surface area contributed by atoms with Crippen molar-refractivity contribution in [2.24, 2.45) is 0 Å². The van der Waals surface area contributed by atoms with Crippen molar-refractivity contribution >= 4 is 0 Å². The van der Waals surface area contributed by atoms with Crippen molar-refractivity contribution < 1.29 is 4.74 Å². The SMILES string of the molecule is CO[C@H]1CCN(C(C)(C)C)[C@H]1C. The van der Waals surface area contributed by atoms with Crippen molar-refractivity contribution in [1.82, 2.24) is 4.90 Å². The number of nitrogens with zero attached hydrogens (tertiary/aromatic N) is 1. The summed E-state index contributed by atoms with van der Waals surface area (Å²) in [6, 6.07) is 0.565. The second-order valence-corrected chi connectivity index (χ2v) is 4.67. The summed E-state index contributed by atoms with van der Waals surface area (Å²) in [7, 11) is 1.81. The van der Waals surface area contributed by atoms with Gasteiger partial charge in [-0.25, -0.2) is 0 Å². The second kappa shape index (κ2) is 3.35. The van der Waals surface area contributed by atoms with E-state index in [1.165, 1.54) is 13.0 Å². The highest BCUT2D eigenvalue weighted by atomic mass is 16.5. The van der Waals surface area contributed by atoms with E-state index in [2.05, 4.69) is 32.6 Å². The molecule has 1 aliphatic heterocycles. The quantitative estimate of drug-likeness (QED) is 0.597.